The first-order valence-corrected chi connectivity index (χ1v) is 7.57. The minimum absolute atomic E-state index is 0.116. The van der Waals surface area contributed by atoms with Crippen LogP contribution < -0.4 is 10.6 Å². The molecule has 0 bridgehead atoms. The van der Waals surface area contributed by atoms with Crippen LogP contribution in [0, 0.1) is 0 Å². The molecule has 0 aromatic heterocycles. The summed E-state index contributed by atoms with van der Waals surface area (Å²) in [7, 11) is 0. The third-order valence-electron chi connectivity index (χ3n) is 3.45. The van der Waals surface area contributed by atoms with Crippen LogP contribution in [0.1, 0.15) is 24.8 Å². The van der Waals surface area contributed by atoms with Crippen LogP contribution in [-0.4, -0.2) is 36.5 Å². The Morgan fingerprint density at radius 1 is 1.10 bits per heavy atom. The molecule has 6 heteroatoms. The molecule has 5 nitrogen and oxygen atoms in total. The lowest BCUT2D eigenvalue weighted by Crippen LogP contribution is -2.38. The Balaban J connectivity index is 1.61. The molecular formula is C15H20ClN3O2. The highest BCUT2D eigenvalue weighted by Crippen LogP contribution is 2.09. The van der Waals surface area contributed by atoms with Gasteiger partial charge in [-0.3, -0.25) is 4.79 Å². The van der Waals surface area contributed by atoms with E-state index in [1.165, 1.54) is 0 Å². The lowest BCUT2D eigenvalue weighted by atomic mass is 10.2. The average molecular weight is 310 g/mol. The monoisotopic (exact) mass is 309 g/mol. The quantitative estimate of drug-likeness (QED) is 0.875. The molecule has 0 unspecified atom stereocenters. The second kappa shape index (κ2) is 7.88. The molecule has 1 saturated heterocycles. The average Bonchev–Trinajstić information content (AvgIpc) is 3.01. The summed E-state index contributed by atoms with van der Waals surface area (Å²) < 4.78 is 0. The number of carbonyl (C=O) groups excluding carboxylic acids is 2. The van der Waals surface area contributed by atoms with Gasteiger partial charge in [-0.05, 0) is 30.5 Å². The molecule has 1 fully saturated rings. The second-order valence-corrected chi connectivity index (χ2v) is 5.51. The van der Waals surface area contributed by atoms with Gasteiger partial charge in [0.25, 0.3) is 0 Å². The zero-order valence-electron chi connectivity index (χ0n) is 11.9. The lowest BCUT2D eigenvalue weighted by Gasteiger charge is -2.15. The van der Waals surface area contributed by atoms with Gasteiger partial charge in [0.15, 0.2) is 0 Å². The Morgan fingerprint density at radius 2 is 1.76 bits per heavy atom. The zero-order valence-corrected chi connectivity index (χ0v) is 12.7. The van der Waals surface area contributed by atoms with E-state index >= 15 is 0 Å². The van der Waals surface area contributed by atoms with E-state index < -0.39 is 0 Å². The zero-order chi connectivity index (χ0) is 15.1. The van der Waals surface area contributed by atoms with E-state index in [1.54, 1.807) is 12.1 Å². The Morgan fingerprint density at radius 3 is 2.43 bits per heavy atom. The fraction of sp³-hybridized carbons (Fsp3) is 0.467. The smallest absolute Gasteiger partial charge is 0.315 e. The predicted molar refractivity (Wildman–Crippen MR) is 82.1 cm³/mol. The normalized spacial score (nSPS) is 14.0. The maximum Gasteiger partial charge on any atom is 0.315 e. The van der Waals surface area contributed by atoms with Gasteiger partial charge in [-0.2, -0.15) is 0 Å². The highest BCUT2D eigenvalue weighted by Gasteiger charge is 2.17. The standard InChI is InChI=1S/C15H20ClN3O2/c16-13-5-3-12(4-6-13)11-18-15(21)17-8-7-14(20)19-9-1-2-10-19/h3-6H,1-2,7-11H2,(H2,17,18,21). The van der Waals surface area contributed by atoms with E-state index in [0.717, 1.165) is 31.5 Å². The topological polar surface area (TPSA) is 61.4 Å². The number of amides is 3. The molecule has 21 heavy (non-hydrogen) atoms. The maximum absolute atomic E-state index is 11.8. The molecular weight excluding hydrogens is 290 g/mol. The van der Waals surface area contributed by atoms with Crippen LogP contribution in [0.3, 0.4) is 0 Å². The summed E-state index contributed by atoms with van der Waals surface area (Å²) in [5.41, 5.74) is 0.975. The van der Waals surface area contributed by atoms with Crippen molar-refractivity contribution in [2.75, 3.05) is 19.6 Å². The largest absolute Gasteiger partial charge is 0.343 e. The molecule has 0 spiro atoms. The predicted octanol–water partition coefficient (Wildman–Crippen LogP) is 2.15. The summed E-state index contributed by atoms with van der Waals surface area (Å²) in [4.78, 5) is 25.2. The first-order chi connectivity index (χ1) is 10.1. The van der Waals surface area contributed by atoms with Crippen LogP contribution in [0.5, 0.6) is 0 Å². The third kappa shape index (κ3) is 5.27. The number of halogens is 1. The first kappa shape index (κ1) is 15.6. The van der Waals surface area contributed by atoms with Gasteiger partial charge in [-0.1, -0.05) is 23.7 Å². The Kier molecular flexibility index (Phi) is 5.87. The molecule has 1 aromatic carbocycles. The molecule has 1 heterocycles. The van der Waals surface area contributed by atoms with Crippen molar-refractivity contribution in [2.24, 2.45) is 0 Å². The van der Waals surface area contributed by atoms with E-state index in [2.05, 4.69) is 10.6 Å². The SMILES string of the molecule is O=C(NCCC(=O)N1CCCC1)NCc1ccc(Cl)cc1. The molecule has 0 atom stereocenters. The number of hydrogen-bond donors (Lipinski definition) is 2. The van der Waals surface area contributed by atoms with Crippen molar-refractivity contribution in [3.63, 3.8) is 0 Å². The number of likely N-dealkylation sites (tertiary alicyclic amines) is 1. The van der Waals surface area contributed by atoms with Gasteiger partial charge in [-0.15, -0.1) is 0 Å². The molecule has 3 amide bonds. The molecule has 2 rings (SSSR count). The highest BCUT2D eigenvalue weighted by molar-refractivity contribution is 6.30. The first-order valence-electron chi connectivity index (χ1n) is 7.19. The molecule has 114 valence electrons. The second-order valence-electron chi connectivity index (χ2n) is 5.07. The Bertz CT molecular complexity index is 484. The number of benzene rings is 1. The fourth-order valence-electron chi connectivity index (χ4n) is 2.25. The van der Waals surface area contributed by atoms with E-state index in [9.17, 15) is 9.59 Å². The Labute approximate surface area is 129 Å². The van der Waals surface area contributed by atoms with Crippen LogP contribution in [0.2, 0.25) is 5.02 Å². The number of urea groups is 1. The van der Waals surface area contributed by atoms with Gasteiger partial charge in [0.1, 0.15) is 0 Å². The van der Waals surface area contributed by atoms with Crippen molar-refractivity contribution in [2.45, 2.75) is 25.8 Å². The number of hydrogen-bond acceptors (Lipinski definition) is 2. The molecule has 0 saturated carbocycles. The molecule has 1 aliphatic heterocycles. The van der Waals surface area contributed by atoms with Crippen LogP contribution in [0.4, 0.5) is 4.79 Å². The number of nitrogens with one attached hydrogen (secondary N) is 2. The van der Waals surface area contributed by atoms with E-state index in [-0.39, 0.29) is 11.9 Å². The molecule has 1 aliphatic rings. The summed E-state index contributed by atoms with van der Waals surface area (Å²) >= 11 is 5.79. The summed E-state index contributed by atoms with van der Waals surface area (Å²) in [6.07, 6.45) is 2.52. The van der Waals surface area contributed by atoms with Crippen molar-refractivity contribution >= 4 is 23.5 Å². The summed E-state index contributed by atoms with van der Waals surface area (Å²) in [5.74, 6) is 0.116. The molecule has 1 aromatic rings. The van der Waals surface area contributed by atoms with Gasteiger partial charge >= 0.3 is 6.03 Å². The van der Waals surface area contributed by atoms with E-state index in [0.29, 0.717) is 24.5 Å². The van der Waals surface area contributed by atoms with Gasteiger partial charge in [0.2, 0.25) is 5.91 Å². The van der Waals surface area contributed by atoms with Crippen LogP contribution in [0.15, 0.2) is 24.3 Å². The molecule has 0 radical (unpaired) electrons. The van der Waals surface area contributed by atoms with E-state index in [1.807, 2.05) is 17.0 Å². The van der Waals surface area contributed by atoms with Crippen molar-refractivity contribution in [1.82, 2.24) is 15.5 Å². The number of nitrogens with zero attached hydrogens (tertiary/aromatic N) is 1. The van der Waals surface area contributed by atoms with Gasteiger partial charge in [0, 0.05) is 37.6 Å². The fourth-order valence-corrected chi connectivity index (χ4v) is 2.38. The summed E-state index contributed by atoms with van der Waals surface area (Å²) in [6.45, 7) is 2.49. The van der Waals surface area contributed by atoms with Gasteiger partial charge < -0.3 is 15.5 Å². The summed E-state index contributed by atoms with van der Waals surface area (Å²) in [5, 5.41) is 6.11. The van der Waals surface area contributed by atoms with Crippen molar-refractivity contribution in [1.29, 1.82) is 0 Å². The van der Waals surface area contributed by atoms with Crippen molar-refractivity contribution in [3.8, 4) is 0 Å². The van der Waals surface area contributed by atoms with Crippen LogP contribution >= 0.6 is 11.6 Å². The van der Waals surface area contributed by atoms with Gasteiger partial charge in [0.05, 0.1) is 0 Å². The maximum atomic E-state index is 11.8. The number of carbonyl (C=O) groups is 2. The van der Waals surface area contributed by atoms with Gasteiger partial charge in [-0.25, -0.2) is 4.79 Å². The number of rotatable bonds is 5. The highest BCUT2D eigenvalue weighted by atomic mass is 35.5. The Hall–Kier alpha value is -1.75. The minimum Gasteiger partial charge on any atom is -0.343 e. The summed E-state index contributed by atoms with van der Waals surface area (Å²) in [6, 6.07) is 7.02. The third-order valence-corrected chi connectivity index (χ3v) is 3.70. The minimum atomic E-state index is -0.265. The van der Waals surface area contributed by atoms with Crippen molar-refractivity contribution < 1.29 is 9.59 Å². The van der Waals surface area contributed by atoms with Crippen molar-refractivity contribution in [3.05, 3.63) is 34.9 Å². The lowest BCUT2D eigenvalue weighted by molar-refractivity contribution is -0.129. The molecule has 2 N–H and O–H groups in total. The molecule has 0 aliphatic carbocycles. The van der Waals surface area contributed by atoms with Crippen LogP contribution in [0.25, 0.3) is 0 Å². The van der Waals surface area contributed by atoms with Crippen LogP contribution in [-0.2, 0) is 11.3 Å². The van der Waals surface area contributed by atoms with E-state index in [4.69, 9.17) is 11.6 Å².